The Morgan fingerprint density at radius 2 is 2.06 bits per heavy atom. The zero-order valence-corrected chi connectivity index (χ0v) is 10.2. The number of hydrogen-bond donors (Lipinski definition) is 1. The minimum absolute atomic E-state index is 0.0452. The van der Waals surface area contributed by atoms with E-state index in [1.165, 1.54) is 12.4 Å². The van der Waals surface area contributed by atoms with E-state index in [-0.39, 0.29) is 29.1 Å². The third-order valence-corrected chi connectivity index (χ3v) is 1.82. The number of aromatic nitrogens is 2. The van der Waals surface area contributed by atoms with Gasteiger partial charge in [0, 0.05) is 12.4 Å². The molecule has 88 valence electrons. The number of amides is 1. The van der Waals surface area contributed by atoms with Crippen LogP contribution >= 0.6 is 11.6 Å². The van der Waals surface area contributed by atoms with Crippen molar-refractivity contribution in [3.8, 4) is 0 Å². The topological polar surface area (TPSA) is 64.1 Å². The van der Waals surface area contributed by atoms with E-state index in [2.05, 4.69) is 15.3 Å². The first kappa shape index (κ1) is 12.9. The number of hydrogen-bond acceptors (Lipinski definition) is 4. The minimum Gasteiger partial charge on any atom is -0.366 e. The van der Waals surface area contributed by atoms with Crippen LogP contribution in [0.25, 0.3) is 0 Å². The first-order valence-corrected chi connectivity index (χ1v) is 5.16. The molecule has 0 spiro atoms. The molecular weight excluding hydrogens is 230 g/mol. The molecule has 0 saturated heterocycles. The van der Waals surface area contributed by atoms with Crippen LogP contribution in [0.4, 0.5) is 5.82 Å². The summed E-state index contributed by atoms with van der Waals surface area (Å²) in [6.07, 6.45) is 2.90. The van der Waals surface area contributed by atoms with Crippen molar-refractivity contribution in [1.29, 1.82) is 0 Å². The van der Waals surface area contributed by atoms with Gasteiger partial charge in [-0.2, -0.15) is 0 Å². The molecule has 1 aromatic rings. The van der Waals surface area contributed by atoms with Crippen LogP contribution in [0, 0.1) is 0 Å². The average Bonchev–Trinajstić information content (AvgIpc) is 2.18. The van der Waals surface area contributed by atoms with Gasteiger partial charge in [-0.3, -0.25) is 4.79 Å². The Hall–Kier alpha value is -1.20. The maximum Gasteiger partial charge on any atom is 0.251 e. The number of ether oxygens (including phenoxy) is 1. The molecule has 0 atom stereocenters. The lowest BCUT2D eigenvalue weighted by Crippen LogP contribution is -2.27. The molecule has 1 N–H and O–H groups in total. The van der Waals surface area contributed by atoms with Gasteiger partial charge in [0.15, 0.2) is 11.0 Å². The van der Waals surface area contributed by atoms with Crippen LogP contribution < -0.4 is 5.32 Å². The van der Waals surface area contributed by atoms with Gasteiger partial charge in [0.25, 0.3) is 5.91 Å². The second-order valence-electron chi connectivity index (χ2n) is 4.14. The SMILES string of the molecule is CC(C)(C)OCC(=O)Nc1nccnc1Cl. The molecule has 6 heteroatoms. The van der Waals surface area contributed by atoms with E-state index in [4.69, 9.17) is 16.3 Å². The number of nitrogens with zero attached hydrogens (tertiary/aromatic N) is 2. The maximum absolute atomic E-state index is 11.4. The highest BCUT2D eigenvalue weighted by Crippen LogP contribution is 2.14. The third kappa shape index (κ3) is 4.55. The largest absolute Gasteiger partial charge is 0.366 e. The van der Waals surface area contributed by atoms with Gasteiger partial charge in [0.05, 0.1) is 5.60 Å². The molecule has 0 fully saturated rings. The summed E-state index contributed by atoms with van der Waals surface area (Å²) in [4.78, 5) is 19.1. The van der Waals surface area contributed by atoms with E-state index >= 15 is 0 Å². The van der Waals surface area contributed by atoms with Crippen LogP contribution in [0.15, 0.2) is 12.4 Å². The van der Waals surface area contributed by atoms with Crippen molar-refractivity contribution in [2.24, 2.45) is 0 Å². The molecule has 1 aromatic heterocycles. The fraction of sp³-hybridized carbons (Fsp3) is 0.500. The van der Waals surface area contributed by atoms with Gasteiger partial charge >= 0.3 is 0 Å². The first-order chi connectivity index (χ1) is 7.38. The molecule has 5 nitrogen and oxygen atoms in total. The van der Waals surface area contributed by atoms with E-state index in [9.17, 15) is 4.79 Å². The summed E-state index contributed by atoms with van der Waals surface area (Å²) in [5.41, 5.74) is -0.358. The number of carbonyl (C=O) groups is 1. The highest BCUT2D eigenvalue weighted by Gasteiger charge is 2.14. The number of nitrogens with one attached hydrogen (secondary N) is 1. The van der Waals surface area contributed by atoms with Crippen molar-refractivity contribution in [2.75, 3.05) is 11.9 Å². The van der Waals surface area contributed by atoms with Gasteiger partial charge in [0.1, 0.15) is 6.61 Å². The predicted octanol–water partition coefficient (Wildman–Crippen LogP) is 1.88. The summed E-state index contributed by atoms with van der Waals surface area (Å²) < 4.78 is 5.30. The highest BCUT2D eigenvalue weighted by molar-refractivity contribution is 6.32. The number of anilines is 1. The Morgan fingerprint density at radius 3 is 2.62 bits per heavy atom. The molecule has 0 aliphatic rings. The van der Waals surface area contributed by atoms with Crippen LogP contribution in [-0.2, 0) is 9.53 Å². The standard InChI is InChI=1S/C10H14ClN3O2/c1-10(2,3)16-6-7(15)14-9-8(11)12-4-5-13-9/h4-5H,6H2,1-3H3,(H,13,14,15). The Bertz CT molecular complexity index is 377. The van der Waals surface area contributed by atoms with Crippen LogP contribution in [0.3, 0.4) is 0 Å². The van der Waals surface area contributed by atoms with Crippen molar-refractivity contribution in [2.45, 2.75) is 26.4 Å². The van der Waals surface area contributed by atoms with Crippen molar-refractivity contribution >= 4 is 23.3 Å². The molecular formula is C10H14ClN3O2. The predicted molar refractivity (Wildman–Crippen MR) is 61.4 cm³/mol. The van der Waals surface area contributed by atoms with E-state index in [1.54, 1.807) is 0 Å². The summed E-state index contributed by atoms with van der Waals surface area (Å²) >= 11 is 5.73. The third-order valence-electron chi connectivity index (χ3n) is 1.55. The van der Waals surface area contributed by atoms with Gasteiger partial charge in [-0.05, 0) is 20.8 Å². The van der Waals surface area contributed by atoms with Gasteiger partial charge in [-0.15, -0.1) is 0 Å². The summed E-state index contributed by atoms with van der Waals surface area (Å²) in [5, 5.41) is 2.67. The molecule has 1 rings (SSSR count). The molecule has 0 unspecified atom stereocenters. The Morgan fingerprint density at radius 1 is 1.44 bits per heavy atom. The average molecular weight is 244 g/mol. The molecule has 0 aliphatic carbocycles. The smallest absolute Gasteiger partial charge is 0.251 e. The number of carbonyl (C=O) groups excluding carboxylic acids is 1. The van der Waals surface area contributed by atoms with Gasteiger partial charge in [-0.25, -0.2) is 9.97 Å². The molecule has 1 heterocycles. The van der Waals surface area contributed by atoms with Crippen molar-refractivity contribution in [3.05, 3.63) is 17.5 Å². The van der Waals surface area contributed by atoms with Crippen LogP contribution in [0.2, 0.25) is 5.15 Å². The summed E-state index contributed by atoms with van der Waals surface area (Å²) in [7, 11) is 0. The molecule has 0 aromatic carbocycles. The van der Waals surface area contributed by atoms with E-state index in [0.717, 1.165) is 0 Å². The van der Waals surface area contributed by atoms with Gasteiger partial charge in [-0.1, -0.05) is 11.6 Å². The van der Waals surface area contributed by atoms with Crippen molar-refractivity contribution < 1.29 is 9.53 Å². The fourth-order valence-electron chi connectivity index (χ4n) is 0.855. The Labute approximate surface area is 99.2 Å². The molecule has 0 aliphatic heterocycles. The van der Waals surface area contributed by atoms with Crippen molar-refractivity contribution in [3.63, 3.8) is 0 Å². The summed E-state index contributed by atoms with van der Waals surface area (Å²) in [5.74, 6) is -0.0657. The van der Waals surface area contributed by atoms with Gasteiger partial charge in [0.2, 0.25) is 0 Å². The van der Waals surface area contributed by atoms with E-state index in [1.807, 2.05) is 20.8 Å². The van der Waals surface area contributed by atoms with Gasteiger partial charge < -0.3 is 10.1 Å². The first-order valence-electron chi connectivity index (χ1n) is 4.79. The fourth-order valence-corrected chi connectivity index (χ4v) is 1.01. The summed E-state index contributed by atoms with van der Waals surface area (Å²) in [6.45, 7) is 5.57. The normalized spacial score (nSPS) is 11.2. The number of rotatable bonds is 3. The lowest BCUT2D eigenvalue weighted by atomic mass is 10.2. The maximum atomic E-state index is 11.4. The zero-order valence-electron chi connectivity index (χ0n) is 9.45. The zero-order chi connectivity index (χ0) is 12.2. The van der Waals surface area contributed by atoms with Crippen LogP contribution in [-0.4, -0.2) is 28.1 Å². The molecule has 16 heavy (non-hydrogen) atoms. The van der Waals surface area contributed by atoms with E-state index < -0.39 is 0 Å². The van der Waals surface area contributed by atoms with E-state index in [0.29, 0.717) is 0 Å². The lowest BCUT2D eigenvalue weighted by molar-refractivity contribution is -0.125. The second kappa shape index (κ2) is 5.23. The highest BCUT2D eigenvalue weighted by atomic mass is 35.5. The quantitative estimate of drug-likeness (QED) is 0.881. The second-order valence-corrected chi connectivity index (χ2v) is 4.50. The minimum atomic E-state index is -0.358. The molecule has 1 amide bonds. The lowest BCUT2D eigenvalue weighted by Gasteiger charge is -2.18. The number of halogens is 1. The van der Waals surface area contributed by atoms with Crippen LogP contribution in [0.1, 0.15) is 20.8 Å². The Balaban J connectivity index is 2.50. The van der Waals surface area contributed by atoms with Crippen LogP contribution in [0.5, 0.6) is 0 Å². The summed E-state index contributed by atoms with van der Waals surface area (Å²) in [6, 6.07) is 0. The monoisotopic (exact) mass is 243 g/mol. The molecule has 0 radical (unpaired) electrons. The Kier molecular flexibility index (Phi) is 4.20. The molecule has 0 bridgehead atoms. The molecule has 0 saturated carbocycles. The van der Waals surface area contributed by atoms with Crippen molar-refractivity contribution in [1.82, 2.24) is 9.97 Å².